The minimum atomic E-state index is -0.168. The summed E-state index contributed by atoms with van der Waals surface area (Å²) in [6, 6.07) is 5.94. The fraction of sp³-hybridized carbons (Fsp3) is 0.538. The van der Waals surface area contributed by atoms with Gasteiger partial charge in [-0.05, 0) is 46.2 Å². The maximum Gasteiger partial charge on any atom is 0.125 e. The maximum absolute atomic E-state index is 5.76. The molecule has 84 valence electrons. The first kappa shape index (κ1) is 11.9. The van der Waals surface area contributed by atoms with Gasteiger partial charge in [-0.3, -0.25) is 0 Å². The number of aryl methyl sites for hydroxylation is 1. The van der Waals surface area contributed by atoms with E-state index in [1.165, 1.54) is 0 Å². The first-order chi connectivity index (χ1) is 6.92. The van der Waals surface area contributed by atoms with Crippen molar-refractivity contribution in [3.8, 4) is 11.5 Å². The normalized spacial score (nSPS) is 11.3. The van der Waals surface area contributed by atoms with Crippen LogP contribution in [0.2, 0.25) is 0 Å². The van der Waals surface area contributed by atoms with Crippen molar-refractivity contribution in [1.29, 1.82) is 0 Å². The molecule has 1 aromatic carbocycles. The number of rotatable bonds is 3. The van der Waals surface area contributed by atoms with Crippen LogP contribution in [-0.2, 0) is 0 Å². The molecule has 0 saturated carbocycles. The van der Waals surface area contributed by atoms with E-state index in [0.29, 0.717) is 6.61 Å². The molecular formula is C13H20O2. The van der Waals surface area contributed by atoms with Crippen LogP contribution in [0.25, 0.3) is 0 Å². The topological polar surface area (TPSA) is 18.5 Å². The third-order valence-electron chi connectivity index (χ3n) is 1.88. The molecule has 15 heavy (non-hydrogen) atoms. The van der Waals surface area contributed by atoms with Gasteiger partial charge in [0.05, 0.1) is 6.61 Å². The van der Waals surface area contributed by atoms with E-state index in [-0.39, 0.29) is 5.60 Å². The Morgan fingerprint density at radius 1 is 1.20 bits per heavy atom. The molecule has 1 rings (SSSR count). The highest BCUT2D eigenvalue weighted by molar-refractivity contribution is 5.40. The first-order valence-electron chi connectivity index (χ1n) is 5.35. The summed E-state index contributed by atoms with van der Waals surface area (Å²) in [6.45, 7) is 10.8. The summed E-state index contributed by atoms with van der Waals surface area (Å²) >= 11 is 0. The van der Waals surface area contributed by atoms with Crippen LogP contribution in [0.5, 0.6) is 11.5 Å². The third kappa shape index (κ3) is 3.82. The van der Waals surface area contributed by atoms with Crippen molar-refractivity contribution in [1.82, 2.24) is 0 Å². The van der Waals surface area contributed by atoms with E-state index >= 15 is 0 Å². The van der Waals surface area contributed by atoms with Crippen LogP contribution in [0, 0.1) is 6.92 Å². The summed E-state index contributed by atoms with van der Waals surface area (Å²) in [5.41, 5.74) is 0.969. The Labute approximate surface area is 92.2 Å². The summed E-state index contributed by atoms with van der Waals surface area (Å²) in [5.74, 6) is 1.76. The lowest BCUT2D eigenvalue weighted by Gasteiger charge is -2.22. The molecule has 0 unspecified atom stereocenters. The van der Waals surface area contributed by atoms with Crippen molar-refractivity contribution in [2.75, 3.05) is 6.61 Å². The maximum atomic E-state index is 5.76. The van der Waals surface area contributed by atoms with E-state index in [2.05, 4.69) is 0 Å². The molecule has 0 radical (unpaired) electrons. The molecule has 0 bridgehead atoms. The van der Waals surface area contributed by atoms with E-state index in [1.54, 1.807) is 0 Å². The molecule has 0 saturated heterocycles. The minimum absolute atomic E-state index is 0.168. The molecule has 0 heterocycles. The zero-order valence-electron chi connectivity index (χ0n) is 10.3. The minimum Gasteiger partial charge on any atom is -0.493 e. The van der Waals surface area contributed by atoms with Gasteiger partial charge in [0.2, 0.25) is 0 Å². The van der Waals surface area contributed by atoms with Gasteiger partial charge in [0.1, 0.15) is 17.1 Å². The van der Waals surface area contributed by atoms with Crippen LogP contribution in [0.15, 0.2) is 18.2 Å². The van der Waals surface area contributed by atoms with Gasteiger partial charge in [0.15, 0.2) is 0 Å². The Kier molecular flexibility index (Phi) is 3.61. The van der Waals surface area contributed by atoms with E-state index in [4.69, 9.17) is 9.47 Å². The van der Waals surface area contributed by atoms with Gasteiger partial charge in [0, 0.05) is 6.07 Å². The molecule has 0 spiro atoms. The van der Waals surface area contributed by atoms with Gasteiger partial charge in [-0.1, -0.05) is 6.07 Å². The molecule has 2 heteroatoms. The van der Waals surface area contributed by atoms with E-state index < -0.39 is 0 Å². The Morgan fingerprint density at radius 3 is 2.40 bits per heavy atom. The summed E-state index contributed by atoms with van der Waals surface area (Å²) in [5, 5.41) is 0. The lowest BCUT2D eigenvalue weighted by molar-refractivity contribution is 0.130. The predicted octanol–water partition coefficient (Wildman–Crippen LogP) is 3.57. The number of ether oxygens (including phenoxy) is 2. The van der Waals surface area contributed by atoms with E-state index in [9.17, 15) is 0 Å². The molecule has 0 aromatic heterocycles. The Bertz CT molecular complexity index is 324. The Morgan fingerprint density at radius 2 is 1.87 bits per heavy atom. The van der Waals surface area contributed by atoms with Crippen LogP contribution in [0.4, 0.5) is 0 Å². The lowest BCUT2D eigenvalue weighted by Crippen LogP contribution is -2.22. The monoisotopic (exact) mass is 208 g/mol. The van der Waals surface area contributed by atoms with Crippen molar-refractivity contribution < 1.29 is 9.47 Å². The van der Waals surface area contributed by atoms with Gasteiger partial charge in [-0.15, -0.1) is 0 Å². The molecule has 0 aliphatic rings. The fourth-order valence-corrected chi connectivity index (χ4v) is 1.31. The van der Waals surface area contributed by atoms with Gasteiger partial charge < -0.3 is 9.47 Å². The van der Waals surface area contributed by atoms with Gasteiger partial charge in [0.25, 0.3) is 0 Å². The Balaban J connectivity index is 2.87. The van der Waals surface area contributed by atoms with Crippen LogP contribution >= 0.6 is 0 Å². The number of hydrogen-bond donors (Lipinski definition) is 0. The fourth-order valence-electron chi connectivity index (χ4n) is 1.31. The molecule has 0 atom stereocenters. The second-order valence-corrected chi connectivity index (χ2v) is 4.57. The van der Waals surface area contributed by atoms with Gasteiger partial charge in [-0.2, -0.15) is 0 Å². The molecule has 0 fully saturated rings. The van der Waals surface area contributed by atoms with Crippen molar-refractivity contribution in [2.24, 2.45) is 0 Å². The average Bonchev–Trinajstić information content (AvgIpc) is 2.09. The lowest BCUT2D eigenvalue weighted by atomic mass is 10.1. The first-order valence-corrected chi connectivity index (χ1v) is 5.35. The van der Waals surface area contributed by atoms with Crippen LogP contribution in [-0.4, -0.2) is 12.2 Å². The SMILES string of the molecule is CCOc1cc(OC(C)(C)C)ccc1C. The van der Waals surface area contributed by atoms with Crippen LogP contribution in [0.1, 0.15) is 33.3 Å². The van der Waals surface area contributed by atoms with E-state index in [0.717, 1.165) is 17.1 Å². The molecule has 0 amide bonds. The molecule has 2 nitrogen and oxygen atoms in total. The molecule has 0 aliphatic carbocycles. The van der Waals surface area contributed by atoms with Gasteiger partial charge in [-0.25, -0.2) is 0 Å². The van der Waals surface area contributed by atoms with Crippen molar-refractivity contribution in [2.45, 2.75) is 40.2 Å². The molecule has 1 aromatic rings. The average molecular weight is 208 g/mol. The quantitative estimate of drug-likeness (QED) is 0.756. The summed E-state index contributed by atoms with van der Waals surface area (Å²) in [4.78, 5) is 0. The standard InChI is InChI=1S/C13H20O2/c1-6-14-12-9-11(8-7-10(12)2)15-13(3,4)5/h7-9H,6H2,1-5H3. The highest BCUT2D eigenvalue weighted by Gasteiger charge is 2.12. The summed E-state index contributed by atoms with van der Waals surface area (Å²) < 4.78 is 11.3. The van der Waals surface area contributed by atoms with Crippen molar-refractivity contribution >= 4 is 0 Å². The highest BCUT2D eigenvalue weighted by atomic mass is 16.5. The van der Waals surface area contributed by atoms with Crippen molar-refractivity contribution in [3.05, 3.63) is 23.8 Å². The van der Waals surface area contributed by atoms with E-state index in [1.807, 2.05) is 52.8 Å². The number of hydrogen-bond acceptors (Lipinski definition) is 2. The number of benzene rings is 1. The predicted molar refractivity (Wildman–Crippen MR) is 62.7 cm³/mol. The zero-order chi connectivity index (χ0) is 11.5. The molecule has 0 aliphatic heterocycles. The van der Waals surface area contributed by atoms with Gasteiger partial charge >= 0.3 is 0 Å². The Hall–Kier alpha value is -1.18. The second-order valence-electron chi connectivity index (χ2n) is 4.57. The largest absolute Gasteiger partial charge is 0.493 e. The highest BCUT2D eigenvalue weighted by Crippen LogP contribution is 2.26. The zero-order valence-corrected chi connectivity index (χ0v) is 10.3. The smallest absolute Gasteiger partial charge is 0.125 e. The molecule has 0 N–H and O–H groups in total. The van der Waals surface area contributed by atoms with Crippen molar-refractivity contribution in [3.63, 3.8) is 0 Å². The third-order valence-corrected chi connectivity index (χ3v) is 1.88. The molecular weight excluding hydrogens is 188 g/mol. The second kappa shape index (κ2) is 4.56. The van der Waals surface area contributed by atoms with Crippen LogP contribution in [0.3, 0.4) is 0 Å². The summed E-state index contributed by atoms with van der Waals surface area (Å²) in [6.07, 6.45) is 0. The van der Waals surface area contributed by atoms with Crippen LogP contribution < -0.4 is 9.47 Å². The summed E-state index contributed by atoms with van der Waals surface area (Å²) in [7, 11) is 0.